The molecule has 1 aliphatic carbocycles. The molecule has 0 bridgehead atoms. The highest BCUT2D eigenvalue weighted by Gasteiger charge is 2.31. The average molecular weight is 267 g/mol. The van der Waals surface area contributed by atoms with E-state index in [-0.39, 0.29) is 10.7 Å². The van der Waals surface area contributed by atoms with Crippen LogP contribution in [0.25, 0.3) is 0 Å². The van der Waals surface area contributed by atoms with Crippen LogP contribution in [0.2, 0.25) is 0 Å². The average Bonchev–Trinajstić information content (AvgIpc) is 2.11. The van der Waals surface area contributed by atoms with Crippen LogP contribution in [0.3, 0.4) is 0 Å². The van der Waals surface area contributed by atoms with Crippen molar-refractivity contribution in [3.05, 3.63) is 29.8 Å². The first kappa shape index (κ1) is 13.4. The summed E-state index contributed by atoms with van der Waals surface area (Å²) in [6.07, 6.45) is 2.59. The first-order valence-electron chi connectivity index (χ1n) is 6.41. The van der Waals surface area contributed by atoms with Crippen molar-refractivity contribution in [2.45, 2.75) is 50.7 Å². The molecule has 0 radical (unpaired) electrons. The molecule has 1 aromatic rings. The van der Waals surface area contributed by atoms with Gasteiger partial charge in [-0.3, -0.25) is 4.72 Å². The molecule has 0 saturated heterocycles. The summed E-state index contributed by atoms with van der Waals surface area (Å²) in [6.45, 7) is 6.35. The molecule has 2 rings (SSSR count). The Morgan fingerprint density at radius 1 is 1.22 bits per heavy atom. The zero-order valence-electron chi connectivity index (χ0n) is 11.2. The summed E-state index contributed by atoms with van der Waals surface area (Å²) in [5.74, 6) is 0. The van der Waals surface area contributed by atoms with Crippen molar-refractivity contribution in [3.63, 3.8) is 0 Å². The molecule has 0 atom stereocenters. The summed E-state index contributed by atoms with van der Waals surface area (Å²) in [6, 6.07) is 7.67. The molecule has 100 valence electrons. The summed E-state index contributed by atoms with van der Waals surface area (Å²) in [5, 5.41) is -0.198. The van der Waals surface area contributed by atoms with Gasteiger partial charge in [0.15, 0.2) is 0 Å². The highest BCUT2D eigenvalue weighted by atomic mass is 32.2. The zero-order chi connectivity index (χ0) is 13.4. The molecule has 0 heterocycles. The lowest BCUT2D eigenvalue weighted by atomic mass is 9.87. The minimum Gasteiger partial charge on any atom is -0.283 e. The van der Waals surface area contributed by atoms with Crippen LogP contribution in [0.5, 0.6) is 0 Å². The molecule has 4 heteroatoms. The summed E-state index contributed by atoms with van der Waals surface area (Å²) < 4.78 is 26.8. The molecule has 1 aromatic carbocycles. The molecule has 0 spiro atoms. The highest BCUT2D eigenvalue weighted by molar-refractivity contribution is 7.93. The van der Waals surface area contributed by atoms with Crippen LogP contribution in [0, 0.1) is 0 Å². The van der Waals surface area contributed by atoms with Crippen molar-refractivity contribution < 1.29 is 8.42 Å². The maximum atomic E-state index is 12.0. The van der Waals surface area contributed by atoms with Crippen molar-refractivity contribution in [1.29, 1.82) is 0 Å². The maximum absolute atomic E-state index is 12.0. The van der Waals surface area contributed by atoms with Crippen LogP contribution in [-0.2, 0) is 15.4 Å². The second-order valence-electron chi connectivity index (χ2n) is 6.03. The molecule has 0 unspecified atom stereocenters. The van der Waals surface area contributed by atoms with E-state index >= 15 is 0 Å². The molecule has 18 heavy (non-hydrogen) atoms. The van der Waals surface area contributed by atoms with E-state index in [4.69, 9.17) is 0 Å². The summed E-state index contributed by atoms with van der Waals surface area (Å²) in [4.78, 5) is 0. The van der Waals surface area contributed by atoms with Crippen LogP contribution in [-0.4, -0.2) is 13.7 Å². The van der Waals surface area contributed by atoms with E-state index in [0.717, 1.165) is 24.8 Å². The van der Waals surface area contributed by atoms with Crippen molar-refractivity contribution >= 4 is 15.7 Å². The standard InChI is InChI=1S/C14H21NO2S/c1-14(2,3)11-6-4-7-12(10-11)15-18(16,17)13-8-5-9-13/h4,6-7,10,13,15H,5,8-9H2,1-3H3. The predicted octanol–water partition coefficient (Wildman–Crippen LogP) is 3.28. The van der Waals surface area contributed by atoms with Crippen molar-refractivity contribution in [2.24, 2.45) is 0 Å². The largest absolute Gasteiger partial charge is 0.283 e. The van der Waals surface area contributed by atoms with Crippen molar-refractivity contribution in [3.8, 4) is 0 Å². The first-order valence-corrected chi connectivity index (χ1v) is 7.96. The lowest BCUT2D eigenvalue weighted by Gasteiger charge is -2.26. The molecule has 1 fully saturated rings. The van der Waals surface area contributed by atoms with Gasteiger partial charge in [-0.2, -0.15) is 0 Å². The summed E-state index contributed by atoms with van der Waals surface area (Å²) in [5.41, 5.74) is 1.84. The third-order valence-electron chi connectivity index (χ3n) is 3.48. The Bertz CT molecular complexity index is 525. The first-order chi connectivity index (χ1) is 8.29. The maximum Gasteiger partial charge on any atom is 0.235 e. The monoisotopic (exact) mass is 267 g/mol. The second-order valence-corrected chi connectivity index (χ2v) is 7.99. The summed E-state index contributed by atoms with van der Waals surface area (Å²) >= 11 is 0. The normalized spacial score (nSPS) is 17.3. The summed E-state index contributed by atoms with van der Waals surface area (Å²) in [7, 11) is -3.19. The van der Waals surface area contributed by atoms with Crippen LogP contribution in [0.15, 0.2) is 24.3 Å². The van der Waals surface area contributed by atoms with Crippen LogP contribution < -0.4 is 4.72 Å². The molecule has 0 aromatic heterocycles. The van der Waals surface area contributed by atoms with E-state index in [2.05, 4.69) is 25.5 Å². The molecule has 0 amide bonds. The Balaban J connectivity index is 2.19. The number of hydrogen-bond acceptors (Lipinski definition) is 2. The number of sulfonamides is 1. The molecular weight excluding hydrogens is 246 g/mol. The van der Waals surface area contributed by atoms with E-state index in [9.17, 15) is 8.42 Å². The lowest BCUT2D eigenvalue weighted by molar-refractivity contribution is 0.479. The molecule has 1 N–H and O–H groups in total. The highest BCUT2D eigenvalue weighted by Crippen LogP contribution is 2.29. The van der Waals surface area contributed by atoms with Crippen LogP contribution >= 0.6 is 0 Å². The zero-order valence-corrected chi connectivity index (χ0v) is 12.0. The number of anilines is 1. The van der Waals surface area contributed by atoms with Gasteiger partial charge in [0.1, 0.15) is 0 Å². The molecule has 1 saturated carbocycles. The molecule has 1 aliphatic rings. The molecular formula is C14H21NO2S. The topological polar surface area (TPSA) is 46.2 Å². The van der Waals surface area contributed by atoms with Gasteiger partial charge in [0.25, 0.3) is 0 Å². The van der Waals surface area contributed by atoms with E-state index in [1.807, 2.05) is 24.3 Å². The lowest BCUT2D eigenvalue weighted by Crippen LogP contribution is -2.33. The van der Waals surface area contributed by atoms with Crippen molar-refractivity contribution in [1.82, 2.24) is 0 Å². The minimum atomic E-state index is -3.19. The van der Waals surface area contributed by atoms with Crippen molar-refractivity contribution in [2.75, 3.05) is 4.72 Å². The third-order valence-corrected chi connectivity index (χ3v) is 5.35. The Labute approximate surface area is 110 Å². The molecule has 0 aliphatic heterocycles. The number of nitrogens with one attached hydrogen (secondary N) is 1. The van der Waals surface area contributed by atoms with Gasteiger partial charge in [-0.1, -0.05) is 39.3 Å². The van der Waals surface area contributed by atoms with Gasteiger partial charge in [-0.05, 0) is 36.0 Å². The fourth-order valence-corrected chi connectivity index (χ4v) is 3.55. The Hall–Kier alpha value is -1.03. The SMILES string of the molecule is CC(C)(C)c1cccc(NS(=O)(=O)C2CCC2)c1. The Morgan fingerprint density at radius 2 is 1.89 bits per heavy atom. The quantitative estimate of drug-likeness (QED) is 0.913. The van der Waals surface area contributed by atoms with E-state index in [1.54, 1.807) is 0 Å². The predicted molar refractivity (Wildman–Crippen MR) is 75.3 cm³/mol. The van der Waals surface area contributed by atoms with Gasteiger partial charge >= 0.3 is 0 Å². The van der Waals surface area contributed by atoms with Gasteiger partial charge in [0.2, 0.25) is 10.0 Å². The smallest absolute Gasteiger partial charge is 0.235 e. The number of benzene rings is 1. The Kier molecular flexibility index (Phi) is 3.41. The van der Waals surface area contributed by atoms with Gasteiger partial charge in [0.05, 0.1) is 5.25 Å². The van der Waals surface area contributed by atoms with E-state index in [0.29, 0.717) is 5.69 Å². The van der Waals surface area contributed by atoms with Crippen LogP contribution in [0.4, 0.5) is 5.69 Å². The van der Waals surface area contributed by atoms with Gasteiger partial charge in [-0.25, -0.2) is 8.42 Å². The second kappa shape index (κ2) is 4.57. The fourth-order valence-electron chi connectivity index (χ4n) is 1.98. The van der Waals surface area contributed by atoms with Gasteiger partial charge in [-0.15, -0.1) is 0 Å². The van der Waals surface area contributed by atoms with Gasteiger partial charge in [0, 0.05) is 5.69 Å². The molecule has 3 nitrogen and oxygen atoms in total. The number of hydrogen-bond donors (Lipinski definition) is 1. The van der Waals surface area contributed by atoms with E-state index in [1.165, 1.54) is 0 Å². The fraction of sp³-hybridized carbons (Fsp3) is 0.571. The third kappa shape index (κ3) is 2.86. The minimum absolute atomic E-state index is 0.0257. The van der Waals surface area contributed by atoms with Gasteiger partial charge < -0.3 is 0 Å². The van der Waals surface area contributed by atoms with E-state index < -0.39 is 10.0 Å². The Morgan fingerprint density at radius 3 is 2.39 bits per heavy atom. The van der Waals surface area contributed by atoms with Crippen LogP contribution in [0.1, 0.15) is 45.6 Å². The number of rotatable bonds is 3.